The van der Waals surface area contributed by atoms with Crippen molar-refractivity contribution in [3.05, 3.63) is 23.9 Å². The molecule has 1 aliphatic rings. The molecule has 3 N–H and O–H groups in total. The molecule has 2 unspecified atom stereocenters. The number of nitrogens with zero attached hydrogens (tertiary/aromatic N) is 1. The third-order valence-corrected chi connectivity index (χ3v) is 3.91. The summed E-state index contributed by atoms with van der Waals surface area (Å²) in [5.74, 6) is -0.211. The first-order valence-corrected chi connectivity index (χ1v) is 7.55. The largest absolute Gasteiger partial charge is 0.468 e. The summed E-state index contributed by atoms with van der Waals surface area (Å²) in [5.41, 5.74) is 6.01. The molecule has 24 heavy (non-hydrogen) atoms. The Kier molecular flexibility index (Phi) is 7.75. The van der Waals surface area contributed by atoms with Gasteiger partial charge in [-0.05, 0) is 31.4 Å². The average molecular weight is 368 g/mol. The van der Waals surface area contributed by atoms with Crippen molar-refractivity contribution in [3.63, 3.8) is 0 Å². The lowest BCUT2D eigenvalue weighted by molar-refractivity contribution is -0.154. The van der Waals surface area contributed by atoms with Crippen molar-refractivity contribution >= 4 is 18.3 Å². The predicted octanol–water partition coefficient (Wildman–Crippen LogP) is 2.69. The topological polar surface area (TPSA) is 77.2 Å². The summed E-state index contributed by atoms with van der Waals surface area (Å²) < 4.78 is 40.7. The molecule has 2 rings (SSSR count). The van der Waals surface area contributed by atoms with Gasteiger partial charge >= 0.3 is 6.18 Å². The SMILES string of the molecule is Cl.NCC1CCCCC1NC(=O)c1ccc(OCC(F)(F)F)nc1. The van der Waals surface area contributed by atoms with Gasteiger partial charge in [-0.2, -0.15) is 13.2 Å². The number of ether oxygens (including phenoxy) is 1. The van der Waals surface area contributed by atoms with Crippen LogP contribution < -0.4 is 15.8 Å². The summed E-state index contributed by atoms with van der Waals surface area (Å²) in [6.07, 6.45) is 0.819. The second kappa shape index (κ2) is 9.08. The van der Waals surface area contributed by atoms with E-state index in [9.17, 15) is 18.0 Å². The molecule has 1 heterocycles. The maximum Gasteiger partial charge on any atom is 0.422 e. The van der Waals surface area contributed by atoms with Crippen LogP contribution in [0.15, 0.2) is 18.3 Å². The Bertz CT molecular complexity index is 526. The molecule has 0 bridgehead atoms. The number of aromatic nitrogens is 1. The summed E-state index contributed by atoms with van der Waals surface area (Å²) in [6.45, 7) is -0.890. The summed E-state index contributed by atoms with van der Waals surface area (Å²) in [5, 5.41) is 2.93. The molecule has 1 aromatic heterocycles. The molecule has 1 amide bonds. The number of hydrogen-bond donors (Lipinski definition) is 2. The molecule has 136 valence electrons. The Morgan fingerprint density at radius 2 is 2.04 bits per heavy atom. The molecule has 1 fully saturated rings. The third kappa shape index (κ3) is 6.16. The molecule has 0 spiro atoms. The number of nitrogens with one attached hydrogen (secondary N) is 1. The van der Waals surface area contributed by atoms with Gasteiger partial charge < -0.3 is 15.8 Å². The van der Waals surface area contributed by atoms with E-state index < -0.39 is 12.8 Å². The number of hydrogen-bond acceptors (Lipinski definition) is 4. The van der Waals surface area contributed by atoms with Crippen molar-refractivity contribution in [3.8, 4) is 5.88 Å². The van der Waals surface area contributed by atoms with Gasteiger partial charge in [0, 0.05) is 18.3 Å². The maximum absolute atomic E-state index is 12.2. The van der Waals surface area contributed by atoms with E-state index >= 15 is 0 Å². The first kappa shape index (κ1) is 20.5. The molecule has 0 aromatic carbocycles. The number of pyridine rings is 1. The first-order valence-electron chi connectivity index (χ1n) is 7.55. The van der Waals surface area contributed by atoms with E-state index in [1.165, 1.54) is 18.3 Å². The van der Waals surface area contributed by atoms with Crippen LogP contribution in [-0.4, -0.2) is 36.3 Å². The Morgan fingerprint density at radius 3 is 2.62 bits per heavy atom. The number of rotatable bonds is 5. The van der Waals surface area contributed by atoms with Gasteiger partial charge in [-0.25, -0.2) is 4.98 Å². The molecule has 1 aliphatic carbocycles. The molecule has 9 heteroatoms. The smallest absolute Gasteiger partial charge is 0.422 e. The highest BCUT2D eigenvalue weighted by atomic mass is 35.5. The quantitative estimate of drug-likeness (QED) is 0.838. The summed E-state index contributed by atoms with van der Waals surface area (Å²) in [6, 6.07) is 2.68. The van der Waals surface area contributed by atoms with Crippen molar-refractivity contribution in [2.75, 3.05) is 13.2 Å². The van der Waals surface area contributed by atoms with Gasteiger partial charge in [0.05, 0.1) is 5.56 Å². The van der Waals surface area contributed by atoms with Crippen LogP contribution in [0.4, 0.5) is 13.2 Å². The number of carbonyl (C=O) groups excluding carboxylic acids is 1. The van der Waals surface area contributed by atoms with Crippen molar-refractivity contribution in [1.82, 2.24) is 10.3 Å². The number of alkyl halides is 3. The summed E-state index contributed by atoms with van der Waals surface area (Å²) in [7, 11) is 0. The van der Waals surface area contributed by atoms with Crippen LogP contribution in [0.1, 0.15) is 36.0 Å². The van der Waals surface area contributed by atoms with Crippen LogP contribution in [0.2, 0.25) is 0 Å². The van der Waals surface area contributed by atoms with Crippen molar-refractivity contribution < 1.29 is 22.7 Å². The first-order chi connectivity index (χ1) is 10.9. The fourth-order valence-electron chi connectivity index (χ4n) is 2.69. The lowest BCUT2D eigenvalue weighted by Gasteiger charge is -2.31. The van der Waals surface area contributed by atoms with Crippen LogP contribution >= 0.6 is 12.4 Å². The van der Waals surface area contributed by atoms with E-state index in [0.717, 1.165) is 25.7 Å². The number of nitrogens with two attached hydrogens (primary N) is 1. The Morgan fingerprint density at radius 1 is 1.33 bits per heavy atom. The van der Waals surface area contributed by atoms with Crippen molar-refractivity contribution in [2.45, 2.75) is 37.9 Å². The Hall–Kier alpha value is -1.54. The zero-order chi connectivity index (χ0) is 16.9. The normalized spacial score (nSPS) is 20.8. The second-order valence-electron chi connectivity index (χ2n) is 5.65. The predicted molar refractivity (Wildman–Crippen MR) is 85.3 cm³/mol. The number of halogens is 4. The zero-order valence-corrected chi connectivity index (χ0v) is 13.8. The Balaban J connectivity index is 0.00000288. The minimum absolute atomic E-state index is 0. The second-order valence-corrected chi connectivity index (χ2v) is 5.65. The molecule has 2 atom stereocenters. The van der Waals surface area contributed by atoms with Crippen molar-refractivity contribution in [2.24, 2.45) is 11.7 Å². The lowest BCUT2D eigenvalue weighted by Crippen LogP contribution is -2.44. The van der Waals surface area contributed by atoms with E-state index in [4.69, 9.17) is 5.73 Å². The van der Waals surface area contributed by atoms with E-state index in [2.05, 4.69) is 15.0 Å². The number of amides is 1. The lowest BCUT2D eigenvalue weighted by atomic mass is 9.84. The molecule has 5 nitrogen and oxygen atoms in total. The molecule has 0 saturated heterocycles. The highest BCUT2D eigenvalue weighted by Crippen LogP contribution is 2.24. The number of carbonyl (C=O) groups is 1. The van der Waals surface area contributed by atoms with Crippen LogP contribution in [0.5, 0.6) is 5.88 Å². The van der Waals surface area contributed by atoms with E-state index in [-0.39, 0.29) is 41.7 Å². The van der Waals surface area contributed by atoms with E-state index in [1.54, 1.807) is 0 Å². The monoisotopic (exact) mass is 367 g/mol. The highest BCUT2D eigenvalue weighted by molar-refractivity contribution is 5.94. The molecule has 1 saturated carbocycles. The van der Waals surface area contributed by atoms with E-state index in [0.29, 0.717) is 6.54 Å². The molecule has 0 radical (unpaired) electrons. The van der Waals surface area contributed by atoms with Gasteiger partial charge in [-0.1, -0.05) is 12.8 Å². The van der Waals surface area contributed by atoms with Crippen molar-refractivity contribution in [1.29, 1.82) is 0 Å². The van der Waals surface area contributed by atoms with Gasteiger partial charge in [0.1, 0.15) is 0 Å². The molecule has 1 aromatic rings. The fraction of sp³-hybridized carbons (Fsp3) is 0.600. The maximum atomic E-state index is 12.2. The van der Waals surface area contributed by atoms with Gasteiger partial charge in [0.15, 0.2) is 6.61 Å². The highest BCUT2D eigenvalue weighted by Gasteiger charge is 2.29. The summed E-state index contributed by atoms with van der Waals surface area (Å²) >= 11 is 0. The van der Waals surface area contributed by atoms with Gasteiger partial charge in [0.25, 0.3) is 5.91 Å². The minimum Gasteiger partial charge on any atom is -0.468 e. The van der Waals surface area contributed by atoms with E-state index in [1.807, 2.05) is 0 Å². The minimum atomic E-state index is -4.42. The fourth-order valence-corrected chi connectivity index (χ4v) is 2.69. The third-order valence-electron chi connectivity index (χ3n) is 3.91. The molecular weight excluding hydrogens is 347 g/mol. The van der Waals surface area contributed by atoms with Gasteiger partial charge in [-0.3, -0.25) is 4.79 Å². The van der Waals surface area contributed by atoms with Crippen LogP contribution in [0, 0.1) is 5.92 Å². The average Bonchev–Trinajstić information content (AvgIpc) is 2.53. The molecule has 0 aliphatic heterocycles. The van der Waals surface area contributed by atoms with Crippen LogP contribution in [0.25, 0.3) is 0 Å². The zero-order valence-electron chi connectivity index (χ0n) is 13.0. The standard InChI is InChI=1S/C15H20F3N3O2.ClH/c16-15(17,18)9-23-13-6-5-11(8-20-13)14(22)21-12-4-2-1-3-10(12)7-19;/h5-6,8,10,12H,1-4,7,9,19H2,(H,21,22);1H. The van der Waals surface area contributed by atoms with Crippen LogP contribution in [-0.2, 0) is 0 Å². The Labute approximate surface area is 144 Å². The summed E-state index contributed by atoms with van der Waals surface area (Å²) in [4.78, 5) is 15.9. The van der Waals surface area contributed by atoms with Gasteiger partial charge in [-0.15, -0.1) is 12.4 Å². The van der Waals surface area contributed by atoms with Crippen LogP contribution in [0.3, 0.4) is 0 Å². The van der Waals surface area contributed by atoms with Gasteiger partial charge in [0.2, 0.25) is 5.88 Å². The molecular formula is C15H21ClF3N3O2.